The lowest BCUT2D eigenvalue weighted by Crippen LogP contribution is -2.30. The molecule has 4 atom stereocenters. The number of carbonyl (C=O) groups is 2. The van der Waals surface area contributed by atoms with Crippen molar-refractivity contribution in [1.29, 1.82) is 0 Å². The quantitative estimate of drug-likeness (QED) is 0.539. The Morgan fingerprint density at radius 2 is 1.93 bits per heavy atom. The van der Waals surface area contributed by atoms with Crippen molar-refractivity contribution in [1.82, 2.24) is 4.90 Å². The second-order valence-electron chi connectivity index (χ2n) is 5.04. The molecular weight excluding hydrogens is 178 g/mol. The van der Waals surface area contributed by atoms with Crippen molar-refractivity contribution in [3.8, 4) is 0 Å². The van der Waals surface area contributed by atoms with Crippen molar-refractivity contribution < 1.29 is 9.59 Å². The molecule has 4 unspecified atom stereocenters. The molecule has 0 aromatic heterocycles. The van der Waals surface area contributed by atoms with Gasteiger partial charge in [-0.2, -0.15) is 0 Å². The van der Waals surface area contributed by atoms with Crippen LogP contribution in [0.3, 0.4) is 0 Å². The molecule has 1 saturated heterocycles. The molecule has 3 nitrogen and oxygen atoms in total. The second-order valence-corrected chi connectivity index (χ2v) is 5.04. The standard InChI is InChI=1S/C11H15NO2/c1-12-10(13)8-5-6-2-3-7(4-6)9(8)11(12)14/h6-9H,2-5H2,1H3. The van der Waals surface area contributed by atoms with Crippen molar-refractivity contribution in [3.63, 3.8) is 0 Å². The number of fused-ring (bicyclic) bond motifs is 4. The molecule has 0 aromatic carbocycles. The van der Waals surface area contributed by atoms with E-state index in [0.717, 1.165) is 12.3 Å². The van der Waals surface area contributed by atoms with Gasteiger partial charge in [0.15, 0.2) is 0 Å². The Kier molecular flexibility index (Phi) is 1.56. The topological polar surface area (TPSA) is 37.4 Å². The van der Waals surface area contributed by atoms with Gasteiger partial charge < -0.3 is 0 Å². The summed E-state index contributed by atoms with van der Waals surface area (Å²) >= 11 is 0. The van der Waals surface area contributed by atoms with Gasteiger partial charge in [-0.25, -0.2) is 0 Å². The van der Waals surface area contributed by atoms with Gasteiger partial charge >= 0.3 is 0 Å². The summed E-state index contributed by atoms with van der Waals surface area (Å²) in [5.41, 5.74) is 0. The number of hydrogen-bond acceptors (Lipinski definition) is 2. The van der Waals surface area contributed by atoms with E-state index in [1.807, 2.05) is 0 Å². The van der Waals surface area contributed by atoms with Gasteiger partial charge in [-0.1, -0.05) is 6.42 Å². The van der Waals surface area contributed by atoms with E-state index in [1.54, 1.807) is 7.05 Å². The van der Waals surface area contributed by atoms with Crippen molar-refractivity contribution in [2.45, 2.75) is 25.7 Å². The molecule has 0 aromatic rings. The van der Waals surface area contributed by atoms with E-state index in [-0.39, 0.29) is 23.7 Å². The highest BCUT2D eigenvalue weighted by atomic mass is 16.2. The zero-order chi connectivity index (χ0) is 9.87. The molecule has 2 amide bonds. The number of imide groups is 1. The Hall–Kier alpha value is -0.860. The number of amides is 2. The second kappa shape index (κ2) is 2.59. The molecule has 76 valence electrons. The third kappa shape index (κ3) is 0.877. The number of hydrogen-bond donors (Lipinski definition) is 0. The van der Waals surface area contributed by atoms with Crippen molar-refractivity contribution in [2.75, 3.05) is 7.05 Å². The highest BCUT2D eigenvalue weighted by Crippen LogP contribution is 2.51. The minimum absolute atomic E-state index is 0.0405. The minimum atomic E-state index is 0.0405. The molecular formula is C11H15NO2. The van der Waals surface area contributed by atoms with Crippen LogP contribution >= 0.6 is 0 Å². The van der Waals surface area contributed by atoms with Gasteiger partial charge in [0.1, 0.15) is 0 Å². The molecule has 3 heteroatoms. The Labute approximate surface area is 83.5 Å². The smallest absolute Gasteiger partial charge is 0.233 e. The summed E-state index contributed by atoms with van der Waals surface area (Å²) in [7, 11) is 1.64. The first kappa shape index (κ1) is 8.45. The number of likely N-dealkylation sites (tertiary alicyclic amines) is 1. The van der Waals surface area contributed by atoms with Crippen molar-refractivity contribution in [3.05, 3.63) is 0 Å². The molecule has 2 aliphatic carbocycles. The first-order valence-electron chi connectivity index (χ1n) is 5.50. The van der Waals surface area contributed by atoms with Crippen LogP contribution in [0.1, 0.15) is 25.7 Å². The molecule has 2 bridgehead atoms. The predicted octanol–water partition coefficient (Wildman–Crippen LogP) is 1.04. The van der Waals surface area contributed by atoms with E-state index in [0.29, 0.717) is 5.92 Å². The predicted molar refractivity (Wildman–Crippen MR) is 50.2 cm³/mol. The van der Waals surface area contributed by atoms with Gasteiger partial charge in [0, 0.05) is 7.05 Å². The summed E-state index contributed by atoms with van der Waals surface area (Å²) in [6.07, 6.45) is 4.56. The van der Waals surface area contributed by atoms with E-state index >= 15 is 0 Å². The van der Waals surface area contributed by atoms with E-state index in [4.69, 9.17) is 0 Å². The summed E-state index contributed by atoms with van der Waals surface area (Å²) in [4.78, 5) is 25.0. The van der Waals surface area contributed by atoms with Crippen LogP contribution in [0.4, 0.5) is 0 Å². The minimum Gasteiger partial charge on any atom is -0.285 e. The van der Waals surface area contributed by atoms with Crippen LogP contribution in [0.2, 0.25) is 0 Å². The van der Waals surface area contributed by atoms with Gasteiger partial charge in [0.25, 0.3) is 0 Å². The van der Waals surface area contributed by atoms with Crippen LogP contribution in [0.25, 0.3) is 0 Å². The summed E-state index contributed by atoms with van der Waals surface area (Å²) in [6.45, 7) is 0. The Balaban J connectivity index is 1.98. The molecule has 0 N–H and O–H groups in total. The average Bonchev–Trinajstić information content (AvgIpc) is 2.65. The molecule has 14 heavy (non-hydrogen) atoms. The third-order valence-corrected chi connectivity index (χ3v) is 4.37. The maximum atomic E-state index is 11.8. The fourth-order valence-electron chi connectivity index (χ4n) is 3.70. The Morgan fingerprint density at radius 3 is 2.71 bits per heavy atom. The van der Waals surface area contributed by atoms with Crippen LogP contribution in [0.5, 0.6) is 0 Å². The van der Waals surface area contributed by atoms with Crippen LogP contribution in [0, 0.1) is 23.7 Å². The first-order chi connectivity index (χ1) is 6.68. The number of rotatable bonds is 0. The molecule has 0 radical (unpaired) electrons. The van der Waals surface area contributed by atoms with Crippen molar-refractivity contribution in [2.24, 2.45) is 23.7 Å². The zero-order valence-electron chi connectivity index (χ0n) is 8.40. The summed E-state index contributed by atoms with van der Waals surface area (Å²) < 4.78 is 0. The van der Waals surface area contributed by atoms with E-state index in [1.165, 1.54) is 24.2 Å². The maximum Gasteiger partial charge on any atom is 0.233 e. The molecule has 3 fully saturated rings. The molecule has 2 saturated carbocycles. The van der Waals surface area contributed by atoms with Crippen LogP contribution in [-0.2, 0) is 9.59 Å². The highest BCUT2D eigenvalue weighted by molar-refractivity contribution is 6.05. The maximum absolute atomic E-state index is 11.8. The molecule has 0 spiro atoms. The van der Waals surface area contributed by atoms with Gasteiger partial charge in [0.2, 0.25) is 11.8 Å². The fourth-order valence-corrected chi connectivity index (χ4v) is 3.70. The van der Waals surface area contributed by atoms with Gasteiger partial charge in [-0.15, -0.1) is 0 Å². The summed E-state index contributed by atoms with van der Waals surface area (Å²) in [5, 5.41) is 0. The zero-order valence-corrected chi connectivity index (χ0v) is 8.40. The van der Waals surface area contributed by atoms with E-state index in [9.17, 15) is 9.59 Å². The van der Waals surface area contributed by atoms with Gasteiger partial charge in [0.05, 0.1) is 11.8 Å². The Morgan fingerprint density at radius 1 is 1.14 bits per heavy atom. The van der Waals surface area contributed by atoms with E-state index in [2.05, 4.69) is 0 Å². The van der Waals surface area contributed by atoms with Gasteiger partial charge in [-0.3, -0.25) is 14.5 Å². The van der Waals surface area contributed by atoms with E-state index < -0.39 is 0 Å². The lowest BCUT2D eigenvalue weighted by molar-refractivity contribution is -0.138. The average molecular weight is 193 g/mol. The lowest BCUT2D eigenvalue weighted by Gasteiger charge is -2.27. The molecule has 1 heterocycles. The van der Waals surface area contributed by atoms with Crippen LogP contribution < -0.4 is 0 Å². The summed E-state index contributed by atoms with van der Waals surface area (Å²) in [5.74, 6) is 1.50. The lowest BCUT2D eigenvalue weighted by atomic mass is 9.74. The largest absolute Gasteiger partial charge is 0.285 e. The normalized spacial score (nSPS) is 45.9. The van der Waals surface area contributed by atoms with Crippen LogP contribution in [0.15, 0.2) is 0 Å². The number of nitrogens with zero attached hydrogens (tertiary/aromatic N) is 1. The molecule has 3 aliphatic rings. The molecule has 3 rings (SSSR count). The number of carbonyl (C=O) groups excluding carboxylic acids is 2. The first-order valence-corrected chi connectivity index (χ1v) is 5.50. The van der Waals surface area contributed by atoms with Crippen LogP contribution in [-0.4, -0.2) is 23.8 Å². The third-order valence-electron chi connectivity index (χ3n) is 4.37. The fraction of sp³-hybridized carbons (Fsp3) is 0.818. The van der Waals surface area contributed by atoms with Gasteiger partial charge in [-0.05, 0) is 31.1 Å². The molecule has 1 aliphatic heterocycles. The highest BCUT2D eigenvalue weighted by Gasteiger charge is 2.54. The monoisotopic (exact) mass is 193 g/mol. The Bertz CT molecular complexity index is 312. The SMILES string of the molecule is CN1C(=O)C2CC3CCC(C3)C2C1=O. The van der Waals surface area contributed by atoms with Crippen molar-refractivity contribution >= 4 is 11.8 Å². The summed E-state index contributed by atoms with van der Waals surface area (Å²) in [6, 6.07) is 0.